The molecule has 0 aliphatic heterocycles. The summed E-state index contributed by atoms with van der Waals surface area (Å²) < 4.78 is 7.09. The topological polar surface area (TPSA) is 94.0 Å². The highest BCUT2D eigenvalue weighted by Gasteiger charge is 2.29. The first-order valence-corrected chi connectivity index (χ1v) is 9.90. The van der Waals surface area contributed by atoms with Gasteiger partial charge in [-0.3, -0.25) is 4.79 Å². The Kier molecular flexibility index (Phi) is 5.44. The van der Waals surface area contributed by atoms with Gasteiger partial charge in [-0.25, -0.2) is 14.6 Å². The molecule has 1 aliphatic carbocycles. The number of aryl methyl sites for hydroxylation is 2. The van der Waals surface area contributed by atoms with Crippen molar-refractivity contribution in [1.82, 2.24) is 25.1 Å². The predicted molar refractivity (Wildman–Crippen MR) is 111 cm³/mol. The first-order valence-electron chi connectivity index (χ1n) is 9.90. The summed E-state index contributed by atoms with van der Waals surface area (Å²) in [6.07, 6.45) is 2.01. The lowest BCUT2D eigenvalue weighted by atomic mass is 10.2. The number of aromatic nitrogens is 4. The lowest BCUT2D eigenvalue weighted by molar-refractivity contribution is -0.122. The van der Waals surface area contributed by atoms with Crippen LogP contribution < -0.4 is 10.6 Å². The van der Waals surface area contributed by atoms with Gasteiger partial charge in [0, 0.05) is 26.1 Å². The van der Waals surface area contributed by atoms with E-state index in [2.05, 4.69) is 39.7 Å². The van der Waals surface area contributed by atoms with E-state index in [0.717, 1.165) is 35.3 Å². The number of hydrogen-bond donors (Lipinski definition) is 2. The van der Waals surface area contributed by atoms with Gasteiger partial charge in [0.2, 0.25) is 5.91 Å². The smallest absolute Gasteiger partial charge is 0.223 e. The minimum Gasteiger partial charge on any atom is -0.377 e. The second-order valence-corrected chi connectivity index (χ2v) is 7.44. The number of hydrogen-bond acceptors (Lipinski definition) is 6. The van der Waals surface area contributed by atoms with Crippen LogP contribution in [0, 0.1) is 19.8 Å². The summed E-state index contributed by atoms with van der Waals surface area (Å²) in [6.45, 7) is 5.43. The molecule has 0 radical (unpaired) electrons. The van der Waals surface area contributed by atoms with Gasteiger partial charge in [0.25, 0.3) is 0 Å². The van der Waals surface area contributed by atoms with Gasteiger partial charge in [-0.2, -0.15) is 5.10 Å². The van der Waals surface area contributed by atoms with Crippen LogP contribution in [0.3, 0.4) is 0 Å². The van der Waals surface area contributed by atoms with Crippen molar-refractivity contribution in [3.8, 4) is 5.69 Å². The molecule has 3 aromatic rings. The molecule has 2 N–H and O–H groups in total. The van der Waals surface area contributed by atoms with Crippen LogP contribution in [0.1, 0.15) is 29.9 Å². The monoisotopic (exact) mass is 394 g/mol. The fraction of sp³-hybridized carbons (Fsp3) is 0.429. The molecular formula is C21H26N6O2. The number of nitrogens with one attached hydrogen (secondary N) is 2. The summed E-state index contributed by atoms with van der Waals surface area (Å²) >= 11 is 0. The summed E-state index contributed by atoms with van der Waals surface area (Å²) in [5.41, 5.74) is 3.71. The Hall–Kier alpha value is -3.00. The van der Waals surface area contributed by atoms with E-state index in [1.807, 2.05) is 23.7 Å². The highest BCUT2D eigenvalue weighted by molar-refractivity contribution is 5.90. The van der Waals surface area contributed by atoms with Gasteiger partial charge in [0.05, 0.1) is 16.8 Å². The molecule has 152 valence electrons. The normalized spacial score (nSPS) is 13.6. The quantitative estimate of drug-likeness (QED) is 0.570. The van der Waals surface area contributed by atoms with Gasteiger partial charge in [0.1, 0.15) is 12.4 Å². The van der Waals surface area contributed by atoms with E-state index < -0.39 is 0 Å². The fourth-order valence-electron chi connectivity index (χ4n) is 3.27. The number of fused-ring (bicyclic) bond motifs is 1. The maximum Gasteiger partial charge on any atom is 0.223 e. The zero-order valence-electron chi connectivity index (χ0n) is 17.0. The Labute approximate surface area is 169 Å². The Morgan fingerprint density at radius 2 is 1.93 bits per heavy atom. The number of methoxy groups -OCH3 is 1. The molecule has 1 aromatic carbocycles. The molecule has 0 bridgehead atoms. The number of carbonyl (C=O) groups excluding carboxylic acids is 1. The summed E-state index contributed by atoms with van der Waals surface area (Å²) in [6, 6.07) is 8.16. The lowest BCUT2D eigenvalue weighted by Gasteiger charge is -2.10. The molecule has 4 rings (SSSR count). The molecule has 2 heterocycles. The van der Waals surface area contributed by atoms with Gasteiger partial charge in [-0.15, -0.1) is 0 Å². The molecule has 2 aromatic heterocycles. The minimum atomic E-state index is 0.142. The Morgan fingerprint density at radius 3 is 2.62 bits per heavy atom. The average molecular weight is 394 g/mol. The number of ether oxygens (including phenoxy) is 1. The van der Waals surface area contributed by atoms with Crippen molar-refractivity contribution in [2.45, 2.75) is 33.3 Å². The highest BCUT2D eigenvalue weighted by Crippen LogP contribution is 2.29. The largest absolute Gasteiger partial charge is 0.377 e. The third-order valence-electron chi connectivity index (χ3n) is 4.97. The Morgan fingerprint density at radius 1 is 1.17 bits per heavy atom. The maximum atomic E-state index is 11.8. The minimum absolute atomic E-state index is 0.142. The number of rotatable bonds is 8. The lowest BCUT2D eigenvalue weighted by Crippen LogP contribution is -2.30. The summed E-state index contributed by atoms with van der Waals surface area (Å²) in [4.78, 5) is 21.1. The number of anilines is 1. The van der Waals surface area contributed by atoms with Gasteiger partial charge in [-0.05, 0) is 38.8 Å². The molecule has 0 atom stereocenters. The molecule has 8 heteroatoms. The van der Waals surface area contributed by atoms with Crippen molar-refractivity contribution < 1.29 is 9.53 Å². The molecule has 1 saturated carbocycles. The zero-order chi connectivity index (χ0) is 20.4. The third kappa shape index (κ3) is 4.22. The van der Waals surface area contributed by atoms with E-state index in [1.54, 1.807) is 7.11 Å². The van der Waals surface area contributed by atoms with Crippen LogP contribution in [0.15, 0.2) is 24.3 Å². The average Bonchev–Trinajstić information content (AvgIpc) is 3.50. The SMILES string of the molecule is COCc1nc(NCCNC(=O)C2CC2)c2c(C)nn(-c3ccc(C)cc3)c2n1. The number of amides is 1. The highest BCUT2D eigenvalue weighted by atomic mass is 16.5. The molecule has 1 aliphatic rings. The first kappa shape index (κ1) is 19.3. The van der Waals surface area contributed by atoms with Gasteiger partial charge in [-0.1, -0.05) is 17.7 Å². The molecule has 0 spiro atoms. The fourth-order valence-corrected chi connectivity index (χ4v) is 3.27. The summed E-state index contributed by atoms with van der Waals surface area (Å²) in [5, 5.41) is 11.9. The van der Waals surface area contributed by atoms with Gasteiger partial charge in [0.15, 0.2) is 11.5 Å². The van der Waals surface area contributed by atoms with Crippen LogP contribution in [0.4, 0.5) is 5.82 Å². The van der Waals surface area contributed by atoms with Crippen molar-refractivity contribution >= 4 is 22.8 Å². The molecule has 1 amide bonds. The molecule has 0 saturated heterocycles. The van der Waals surface area contributed by atoms with Gasteiger partial charge < -0.3 is 15.4 Å². The van der Waals surface area contributed by atoms with Crippen molar-refractivity contribution in [2.24, 2.45) is 5.92 Å². The maximum absolute atomic E-state index is 11.8. The van der Waals surface area contributed by atoms with E-state index in [9.17, 15) is 4.79 Å². The van der Waals surface area contributed by atoms with Crippen LogP contribution >= 0.6 is 0 Å². The molecule has 29 heavy (non-hydrogen) atoms. The molecule has 8 nitrogen and oxygen atoms in total. The van der Waals surface area contributed by atoms with Crippen LogP contribution in [-0.2, 0) is 16.1 Å². The third-order valence-corrected chi connectivity index (χ3v) is 4.97. The summed E-state index contributed by atoms with van der Waals surface area (Å²) in [5.74, 6) is 1.64. The molecule has 0 unspecified atom stereocenters. The predicted octanol–water partition coefficient (Wildman–Crippen LogP) is 2.52. The standard InChI is InChI=1S/C21H26N6O2/c1-13-4-8-16(9-5-13)27-20-18(14(2)26-27)19(24-17(25-20)12-29-3)22-10-11-23-21(28)15-6-7-15/h4-5,8-9,15H,6-7,10-12H2,1-3H3,(H,23,28)(H,22,24,25). The van der Waals surface area contributed by atoms with Crippen LogP contribution in [0.25, 0.3) is 16.7 Å². The van der Waals surface area contributed by atoms with Crippen molar-refractivity contribution in [3.63, 3.8) is 0 Å². The van der Waals surface area contributed by atoms with E-state index in [4.69, 9.17) is 9.84 Å². The van der Waals surface area contributed by atoms with E-state index in [0.29, 0.717) is 31.3 Å². The Bertz CT molecular complexity index is 1020. The van der Waals surface area contributed by atoms with E-state index in [1.165, 1.54) is 5.56 Å². The first-order chi connectivity index (χ1) is 14.1. The van der Waals surface area contributed by atoms with Gasteiger partial charge >= 0.3 is 0 Å². The van der Waals surface area contributed by atoms with Crippen LogP contribution in [0.5, 0.6) is 0 Å². The van der Waals surface area contributed by atoms with Crippen molar-refractivity contribution in [3.05, 3.63) is 41.3 Å². The summed E-state index contributed by atoms with van der Waals surface area (Å²) in [7, 11) is 1.62. The van der Waals surface area contributed by atoms with E-state index >= 15 is 0 Å². The molecular weight excluding hydrogens is 368 g/mol. The number of benzene rings is 1. The van der Waals surface area contributed by atoms with Crippen molar-refractivity contribution in [2.75, 3.05) is 25.5 Å². The second kappa shape index (κ2) is 8.16. The number of carbonyl (C=O) groups is 1. The van der Waals surface area contributed by atoms with E-state index in [-0.39, 0.29) is 11.8 Å². The number of nitrogens with zero attached hydrogens (tertiary/aromatic N) is 4. The second-order valence-electron chi connectivity index (χ2n) is 7.44. The Balaban J connectivity index is 1.63. The zero-order valence-corrected chi connectivity index (χ0v) is 17.0. The van der Waals surface area contributed by atoms with Crippen LogP contribution in [-0.4, -0.2) is 45.9 Å². The van der Waals surface area contributed by atoms with Crippen LogP contribution in [0.2, 0.25) is 0 Å². The van der Waals surface area contributed by atoms with Crippen molar-refractivity contribution in [1.29, 1.82) is 0 Å². The molecule has 1 fully saturated rings.